The van der Waals surface area contributed by atoms with Crippen molar-refractivity contribution in [2.45, 2.75) is 25.6 Å². The summed E-state index contributed by atoms with van der Waals surface area (Å²) in [5, 5.41) is 6.29. The standard InChI is InChI=1S/C22H19F4N3O4/c1-3-33-20(32)21(22(24,25)26,27-18(30)14-8-7-9-15(23)12-14)17-13(2)28-29(19(17)31)16-10-5-4-6-11-16/h4-12,17H,3H2,1-2H3,(H,27,30)/t17-,21-/m0/s1. The van der Waals surface area contributed by atoms with E-state index in [-0.39, 0.29) is 11.4 Å². The summed E-state index contributed by atoms with van der Waals surface area (Å²) in [7, 11) is 0. The number of alkyl halides is 3. The van der Waals surface area contributed by atoms with Gasteiger partial charge in [-0.25, -0.2) is 14.2 Å². The highest BCUT2D eigenvalue weighted by Gasteiger charge is 2.71. The van der Waals surface area contributed by atoms with Crippen LogP contribution in [0.1, 0.15) is 24.2 Å². The molecule has 2 amide bonds. The molecule has 2 aromatic rings. The van der Waals surface area contributed by atoms with E-state index in [9.17, 15) is 31.9 Å². The zero-order chi connectivity index (χ0) is 24.4. The number of benzene rings is 2. The van der Waals surface area contributed by atoms with Gasteiger partial charge >= 0.3 is 12.1 Å². The van der Waals surface area contributed by atoms with Gasteiger partial charge in [-0.3, -0.25) is 9.59 Å². The van der Waals surface area contributed by atoms with Gasteiger partial charge in [-0.1, -0.05) is 24.3 Å². The predicted octanol–water partition coefficient (Wildman–Crippen LogP) is 3.46. The lowest BCUT2D eigenvalue weighted by Gasteiger charge is -2.37. The van der Waals surface area contributed by atoms with E-state index in [1.54, 1.807) is 23.5 Å². The molecule has 0 saturated heterocycles. The highest BCUT2D eigenvalue weighted by atomic mass is 19.4. The molecule has 1 aliphatic rings. The molecule has 0 saturated carbocycles. The number of nitrogens with zero attached hydrogens (tertiary/aromatic N) is 2. The van der Waals surface area contributed by atoms with Crippen molar-refractivity contribution >= 4 is 29.2 Å². The van der Waals surface area contributed by atoms with Gasteiger partial charge < -0.3 is 10.1 Å². The summed E-state index contributed by atoms with van der Waals surface area (Å²) in [5.74, 6) is -7.62. The zero-order valence-electron chi connectivity index (χ0n) is 17.5. The Morgan fingerprint density at radius 2 is 1.79 bits per heavy atom. The van der Waals surface area contributed by atoms with Gasteiger partial charge in [0.05, 0.1) is 18.0 Å². The SMILES string of the molecule is CCOC(=O)[C@@](NC(=O)c1cccc(F)c1)([C@@H]1C(=O)N(c2ccccc2)N=C1C)C(F)(F)F. The number of esters is 1. The number of carbonyl (C=O) groups is 3. The van der Waals surface area contributed by atoms with Crippen LogP contribution in [-0.4, -0.2) is 41.8 Å². The fourth-order valence-electron chi connectivity index (χ4n) is 3.54. The Morgan fingerprint density at radius 1 is 1.12 bits per heavy atom. The molecule has 0 spiro atoms. The number of carbonyl (C=O) groups excluding carboxylic acids is 3. The minimum absolute atomic E-state index is 0.167. The van der Waals surface area contributed by atoms with Crippen molar-refractivity contribution in [3.63, 3.8) is 0 Å². The second-order valence-corrected chi connectivity index (χ2v) is 7.15. The molecule has 2 atom stereocenters. The molecule has 0 bridgehead atoms. The van der Waals surface area contributed by atoms with Gasteiger partial charge in [0, 0.05) is 5.56 Å². The molecule has 0 aliphatic carbocycles. The average molecular weight is 465 g/mol. The van der Waals surface area contributed by atoms with Gasteiger partial charge in [0.15, 0.2) is 0 Å². The first-order valence-corrected chi connectivity index (χ1v) is 9.79. The van der Waals surface area contributed by atoms with E-state index in [2.05, 4.69) is 9.84 Å². The van der Waals surface area contributed by atoms with Crippen LogP contribution >= 0.6 is 0 Å². The van der Waals surface area contributed by atoms with E-state index in [4.69, 9.17) is 0 Å². The fraction of sp³-hybridized carbons (Fsp3) is 0.273. The van der Waals surface area contributed by atoms with E-state index in [1.165, 1.54) is 19.1 Å². The molecule has 3 rings (SSSR count). The Morgan fingerprint density at radius 3 is 2.36 bits per heavy atom. The summed E-state index contributed by atoms with van der Waals surface area (Å²) in [6, 6.07) is 11.5. The van der Waals surface area contributed by atoms with Crippen LogP contribution in [0, 0.1) is 11.7 Å². The predicted molar refractivity (Wildman–Crippen MR) is 110 cm³/mol. The van der Waals surface area contributed by atoms with Gasteiger partial charge in [0.1, 0.15) is 11.7 Å². The Kier molecular flexibility index (Phi) is 6.52. The molecule has 0 aromatic heterocycles. The first kappa shape index (κ1) is 23.9. The van der Waals surface area contributed by atoms with Crippen LogP contribution in [0.4, 0.5) is 23.2 Å². The number of para-hydroxylation sites is 1. The zero-order valence-corrected chi connectivity index (χ0v) is 17.5. The number of rotatable bonds is 6. The molecule has 7 nitrogen and oxygen atoms in total. The summed E-state index contributed by atoms with van der Waals surface area (Å²) in [5.41, 5.74) is -4.48. The average Bonchev–Trinajstić information content (AvgIpc) is 3.06. The molecular weight excluding hydrogens is 446 g/mol. The Bertz CT molecular complexity index is 1100. The number of hydrogen-bond donors (Lipinski definition) is 1. The molecule has 1 heterocycles. The normalized spacial score (nSPS) is 17.9. The summed E-state index contributed by atoms with van der Waals surface area (Å²) in [4.78, 5) is 38.7. The van der Waals surface area contributed by atoms with Crippen molar-refractivity contribution in [3.05, 3.63) is 66.0 Å². The number of nitrogens with one attached hydrogen (secondary N) is 1. The van der Waals surface area contributed by atoms with Gasteiger partial charge in [-0.15, -0.1) is 0 Å². The van der Waals surface area contributed by atoms with Crippen molar-refractivity contribution in [1.29, 1.82) is 0 Å². The van der Waals surface area contributed by atoms with Crippen LogP contribution in [0.5, 0.6) is 0 Å². The van der Waals surface area contributed by atoms with E-state index < -0.39 is 53.4 Å². The van der Waals surface area contributed by atoms with Crippen LogP contribution < -0.4 is 10.3 Å². The molecule has 174 valence electrons. The molecule has 1 aliphatic heterocycles. The Hall–Kier alpha value is -3.76. The lowest BCUT2D eigenvalue weighted by molar-refractivity contribution is -0.217. The second kappa shape index (κ2) is 9.00. The molecule has 33 heavy (non-hydrogen) atoms. The summed E-state index contributed by atoms with van der Waals surface area (Å²) < 4.78 is 62.1. The summed E-state index contributed by atoms with van der Waals surface area (Å²) >= 11 is 0. The fourth-order valence-corrected chi connectivity index (χ4v) is 3.54. The molecule has 0 radical (unpaired) electrons. The number of ether oxygens (including phenoxy) is 1. The van der Waals surface area contributed by atoms with Crippen molar-refractivity contribution in [2.24, 2.45) is 11.0 Å². The van der Waals surface area contributed by atoms with Gasteiger partial charge in [0.25, 0.3) is 17.4 Å². The molecule has 2 aromatic carbocycles. The van der Waals surface area contributed by atoms with Crippen LogP contribution in [0.15, 0.2) is 59.7 Å². The number of halogens is 4. The van der Waals surface area contributed by atoms with Crippen molar-refractivity contribution in [2.75, 3.05) is 11.6 Å². The quantitative estimate of drug-likeness (QED) is 0.523. The first-order chi connectivity index (χ1) is 15.5. The minimum Gasteiger partial charge on any atom is -0.464 e. The third-order valence-corrected chi connectivity index (χ3v) is 5.01. The van der Waals surface area contributed by atoms with Crippen molar-refractivity contribution < 1.29 is 36.7 Å². The van der Waals surface area contributed by atoms with Gasteiger partial charge in [-0.2, -0.15) is 18.3 Å². The minimum atomic E-state index is -5.48. The van der Waals surface area contributed by atoms with Crippen LogP contribution in [0.3, 0.4) is 0 Å². The molecule has 11 heteroatoms. The van der Waals surface area contributed by atoms with Crippen LogP contribution in [-0.2, 0) is 14.3 Å². The maximum absolute atomic E-state index is 14.6. The van der Waals surface area contributed by atoms with Crippen molar-refractivity contribution in [1.82, 2.24) is 5.32 Å². The number of amides is 2. The monoisotopic (exact) mass is 465 g/mol. The van der Waals surface area contributed by atoms with Crippen LogP contribution in [0.2, 0.25) is 0 Å². The third-order valence-electron chi connectivity index (χ3n) is 5.01. The van der Waals surface area contributed by atoms with Gasteiger partial charge in [0.2, 0.25) is 0 Å². The Labute approximate surface area is 186 Å². The smallest absolute Gasteiger partial charge is 0.423 e. The number of hydrazone groups is 1. The highest BCUT2D eigenvalue weighted by molar-refractivity contribution is 6.19. The molecule has 1 N–H and O–H groups in total. The summed E-state index contributed by atoms with van der Waals surface area (Å²) in [6.45, 7) is 1.96. The molecular formula is C22H19F4N3O4. The van der Waals surface area contributed by atoms with Gasteiger partial charge in [-0.05, 0) is 44.2 Å². The highest BCUT2D eigenvalue weighted by Crippen LogP contribution is 2.42. The first-order valence-electron chi connectivity index (χ1n) is 9.79. The van der Waals surface area contributed by atoms with E-state index >= 15 is 0 Å². The van der Waals surface area contributed by atoms with E-state index in [1.807, 2.05) is 0 Å². The number of anilines is 1. The Balaban J connectivity index is 2.14. The maximum atomic E-state index is 14.6. The van der Waals surface area contributed by atoms with E-state index in [0.717, 1.165) is 30.1 Å². The van der Waals surface area contributed by atoms with E-state index in [0.29, 0.717) is 6.07 Å². The molecule has 0 unspecified atom stereocenters. The third kappa shape index (κ3) is 4.30. The lowest BCUT2D eigenvalue weighted by Crippen LogP contribution is -2.71. The second-order valence-electron chi connectivity index (χ2n) is 7.15. The summed E-state index contributed by atoms with van der Waals surface area (Å²) in [6.07, 6.45) is -5.48. The van der Waals surface area contributed by atoms with Crippen LogP contribution in [0.25, 0.3) is 0 Å². The molecule has 0 fully saturated rings. The maximum Gasteiger partial charge on any atom is 0.423 e. The largest absolute Gasteiger partial charge is 0.464 e. The topological polar surface area (TPSA) is 88.1 Å². The number of hydrogen-bond acceptors (Lipinski definition) is 5. The lowest BCUT2D eigenvalue weighted by atomic mass is 9.79. The van der Waals surface area contributed by atoms with Crippen molar-refractivity contribution in [3.8, 4) is 0 Å².